The highest BCUT2D eigenvalue weighted by atomic mass is 32.1. The summed E-state index contributed by atoms with van der Waals surface area (Å²) in [5.74, 6) is 2.68. The average Bonchev–Trinajstić information content (AvgIpc) is 3.09. The summed E-state index contributed by atoms with van der Waals surface area (Å²) in [7, 11) is 0. The van der Waals surface area contributed by atoms with Crippen LogP contribution < -0.4 is 10.6 Å². The van der Waals surface area contributed by atoms with Crippen LogP contribution in [0.15, 0.2) is 30.3 Å². The first kappa shape index (κ1) is 18.5. The molecule has 148 valence electrons. The molecule has 1 aliphatic rings. The highest BCUT2D eigenvalue weighted by molar-refractivity contribution is 7.21. The third-order valence-electron chi connectivity index (χ3n) is 5.02. The van der Waals surface area contributed by atoms with Crippen LogP contribution in [0.25, 0.3) is 32.4 Å². The first-order valence-electron chi connectivity index (χ1n) is 9.44. The van der Waals surface area contributed by atoms with Crippen molar-refractivity contribution in [3.63, 3.8) is 0 Å². The maximum absolute atomic E-state index is 12.6. The Hall–Kier alpha value is -3.54. The quantitative estimate of drug-likeness (QED) is 0.435. The number of rotatable bonds is 2. The number of carbonyl (C=O) groups is 1. The number of terminal acetylenes is 1. The highest BCUT2D eigenvalue weighted by Gasteiger charge is 2.24. The summed E-state index contributed by atoms with van der Waals surface area (Å²) in [6.07, 6.45) is 5.48. The average molecular weight is 415 g/mol. The van der Waals surface area contributed by atoms with Crippen molar-refractivity contribution in [2.24, 2.45) is 0 Å². The number of aliphatic hydroxyl groups is 1. The third kappa shape index (κ3) is 2.96. The summed E-state index contributed by atoms with van der Waals surface area (Å²) in [5, 5.41) is 17.8. The van der Waals surface area contributed by atoms with E-state index in [4.69, 9.17) is 11.4 Å². The van der Waals surface area contributed by atoms with Crippen LogP contribution >= 0.6 is 11.3 Å². The number of hydrogen-bond acceptors (Lipinski definition) is 7. The standard InChI is InChI=1S/C22H17N5O2S/c1-3-12-8-16(27-18(10-28)25-12)15-5-4-13-14(26-15)6-7-17-19(13)20-21(30-17)22(29)24-11(2)9-23-20/h1,4-8,11,23,28H,9-10H2,2H3,(H,24,29)/t11-/m1/s1. The molecule has 4 heterocycles. The maximum Gasteiger partial charge on any atom is 0.263 e. The number of anilines is 1. The SMILES string of the molecule is C#Cc1cc(-c2ccc3c(ccc4sc5c(c43)NC[C@@H](C)NC5=O)n2)nc(CO)n1. The largest absolute Gasteiger partial charge is 0.388 e. The minimum absolute atomic E-state index is 0.0516. The van der Waals surface area contributed by atoms with Gasteiger partial charge < -0.3 is 15.7 Å². The molecule has 3 N–H and O–H groups in total. The van der Waals surface area contributed by atoms with E-state index in [-0.39, 0.29) is 24.4 Å². The first-order valence-corrected chi connectivity index (χ1v) is 10.3. The van der Waals surface area contributed by atoms with Crippen LogP contribution in [-0.2, 0) is 6.61 Å². The molecule has 0 spiro atoms. The molecule has 0 fully saturated rings. The van der Waals surface area contributed by atoms with Crippen molar-refractivity contribution in [1.29, 1.82) is 0 Å². The number of thiophene rings is 1. The van der Waals surface area contributed by atoms with Gasteiger partial charge in [-0.2, -0.15) is 0 Å². The molecule has 0 bridgehead atoms. The second-order valence-corrected chi connectivity index (χ2v) is 8.17. The zero-order chi connectivity index (χ0) is 20.8. The molecule has 0 saturated carbocycles. The third-order valence-corrected chi connectivity index (χ3v) is 6.17. The first-order chi connectivity index (χ1) is 14.6. The van der Waals surface area contributed by atoms with E-state index in [9.17, 15) is 9.90 Å². The van der Waals surface area contributed by atoms with Gasteiger partial charge in [0.1, 0.15) is 17.2 Å². The van der Waals surface area contributed by atoms with Crippen molar-refractivity contribution >= 4 is 43.9 Å². The van der Waals surface area contributed by atoms with Gasteiger partial charge in [-0.05, 0) is 31.2 Å². The molecule has 0 saturated heterocycles. The van der Waals surface area contributed by atoms with Gasteiger partial charge in [0.25, 0.3) is 5.91 Å². The Balaban J connectivity index is 1.70. The van der Waals surface area contributed by atoms with Crippen LogP contribution in [0.3, 0.4) is 0 Å². The fourth-order valence-corrected chi connectivity index (χ4v) is 4.74. The maximum atomic E-state index is 12.6. The number of pyridine rings is 1. The summed E-state index contributed by atoms with van der Waals surface area (Å²) >= 11 is 1.48. The van der Waals surface area contributed by atoms with Gasteiger partial charge >= 0.3 is 0 Å². The van der Waals surface area contributed by atoms with E-state index < -0.39 is 0 Å². The van der Waals surface area contributed by atoms with E-state index >= 15 is 0 Å². The van der Waals surface area contributed by atoms with Gasteiger partial charge in [-0.25, -0.2) is 15.0 Å². The van der Waals surface area contributed by atoms with Crippen molar-refractivity contribution in [2.75, 3.05) is 11.9 Å². The second kappa shape index (κ2) is 7.06. The fraction of sp³-hybridized carbons (Fsp3) is 0.182. The number of aromatic nitrogens is 3. The molecule has 3 aromatic heterocycles. The van der Waals surface area contributed by atoms with Gasteiger partial charge in [-0.1, -0.05) is 5.92 Å². The molecule has 5 rings (SSSR count). The number of hydrogen-bond donors (Lipinski definition) is 3. The lowest BCUT2D eigenvalue weighted by Crippen LogP contribution is -2.34. The predicted molar refractivity (Wildman–Crippen MR) is 117 cm³/mol. The summed E-state index contributed by atoms with van der Waals surface area (Å²) in [5.41, 5.74) is 3.23. The van der Waals surface area contributed by atoms with Crippen LogP contribution in [0, 0.1) is 12.3 Å². The second-order valence-electron chi connectivity index (χ2n) is 7.12. The summed E-state index contributed by atoms with van der Waals surface area (Å²) in [4.78, 5) is 26.5. The van der Waals surface area contributed by atoms with Gasteiger partial charge in [0, 0.05) is 34.1 Å². The van der Waals surface area contributed by atoms with E-state index in [1.807, 2.05) is 31.2 Å². The fourth-order valence-electron chi connectivity index (χ4n) is 3.64. The Bertz CT molecular complexity index is 1370. The Morgan fingerprint density at radius 2 is 2.10 bits per heavy atom. The lowest BCUT2D eigenvalue weighted by atomic mass is 10.1. The molecule has 0 aliphatic carbocycles. The summed E-state index contributed by atoms with van der Waals surface area (Å²) in [6, 6.07) is 9.50. The molecule has 0 radical (unpaired) electrons. The minimum Gasteiger partial charge on any atom is -0.388 e. The molecular formula is C22H17N5O2S. The highest BCUT2D eigenvalue weighted by Crippen LogP contribution is 2.41. The van der Waals surface area contributed by atoms with Gasteiger partial charge in [0.15, 0.2) is 5.82 Å². The Kier molecular flexibility index (Phi) is 4.35. The van der Waals surface area contributed by atoms with E-state index in [1.54, 1.807) is 6.07 Å². The number of nitrogens with zero attached hydrogens (tertiary/aromatic N) is 3. The Morgan fingerprint density at radius 1 is 1.23 bits per heavy atom. The normalized spacial score (nSPS) is 15.9. The lowest BCUT2D eigenvalue weighted by Gasteiger charge is -2.10. The monoisotopic (exact) mass is 415 g/mol. The molecule has 30 heavy (non-hydrogen) atoms. The number of fused-ring (bicyclic) bond motifs is 5. The number of benzene rings is 1. The summed E-state index contributed by atoms with van der Waals surface area (Å²) < 4.78 is 1.03. The van der Waals surface area contributed by atoms with Gasteiger partial charge in [0.2, 0.25) is 0 Å². The van der Waals surface area contributed by atoms with Crippen LogP contribution in [0.5, 0.6) is 0 Å². The van der Waals surface area contributed by atoms with Gasteiger partial charge in [-0.15, -0.1) is 17.8 Å². The molecule has 0 unspecified atom stereocenters. The number of nitrogens with one attached hydrogen (secondary N) is 2. The van der Waals surface area contributed by atoms with Gasteiger partial charge in [-0.3, -0.25) is 4.79 Å². The number of carbonyl (C=O) groups excluding carboxylic acids is 1. The predicted octanol–water partition coefficient (Wildman–Crippen LogP) is 2.92. The number of aliphatic hydroxyl groups excluding tert-OH is 1. The van der Waals surface area contributed by atoms with Crippen LogP contribution in [0.1, 0.15) is 28.1 Å². The molecule has 4 aromatic rings. The molecular weight excluding hydrogens is 398 g/mol. The van der Waals surface area contributed by atoms with E-state index in [0.29, 0.717) is 28.5 Å². The topological polar surface area (TPSA) is 100 Å². The van der Waals surface area contributed by atoms with Crippen molar-refractivity contribution in [2.45, 2.75) is 19.6 Å². The molecule has 7 nitrogen and oxygen atoms in total. The minimum atomic E-state index is -0.302. The van der Waals surface area contributed by atoms with Crippen molar-refractivity contribution in [3.05, 3.63) is 46.7 Å². The van der Waals surface area contributed by atoms with E-state index in [0.717, 1.165) is 26.7 Å². The molecule has 1 aromatic carbocycles. The zero-order valence-electron chi connectivity index (χ0n) is 16.1. The smallest absolute Gasteiger partial charge is 0.263 e. The Labute approximate surface area is 176 Å². The molecule has 8 heteroatoms. The molecule has 1 amide bonds. The van der Waals surface area contributed by atoms with E-state index in [1.165, 1.54) is 11.3 Å². The Morgan fingerprint density at radius 3 is 2.90 bits per heavy atom. The van der Waals surface area contributed by atoms with Crippen LogP contribution in [-0.4, -0.2) is 38.6 Å². The van der Waals surface area contributed by atoms with Crippen LogP contribution in [0.4, 0.5) is 5.69 Å². The lowest BCUT2D eigenvalue weighted by molar-refractivity contribution is 0.0949. The zero-order valence-corrected chi connectivity index (χ0v) is 16.9. The van der Waals surface area contributed by atoms with Crippen molar-refractivity contribution in [3.8, 4) is 23.7 Å². The number of amides is 1. The van der Waals surface area contributed by atoms with Gasteiger partial charge in [0.05, 0.1) is 22.6 Å². The summed E-state index contributed by atoms with van der Waals surface area (Å²) in [6.45, 7) is 2.33. The molecule has 1 aliphatic heterocycles. The molecule has 1 atom stereocenters. The van der Waals surface area contributed by atoms with Crippen molar-refractivity contribution < 1.29 is 9.90 Å². The van der Waals surface area contributed by atoms with E-state index in [2.05, 4.69) is 26.5 Å². The van der Waals surface area contributed by atoms with Crippen molar-refractivity contribution in [1.82, 2.24) is 20.3 Å². The van der Waals surface area contributed by atoms with Crippen LogP contribution in [0.2, 0.25) is 0 Å².